The molecule has 2 bridgehead atoms. The average molecular weight is 302 g/mol. The summed E-state index contributed by atoms with van der Waals surface area (Å²) in [4.78, 5) is 27.6. The Kier molecular flexibility index (Phi) is 4.41. The number of nitrogens with zero attached hydrogens (tertiary/aromatic N) is 1. The Hall–Kier alpha value is -1.91. The number of fused-ring (bicyclic) bond motifs is 2. The number of pyridine rings is 1. The second kappa shape index (κ2) is 6.46. The Labute approximate surface area is 130 Å². The molecule has 3 rings (SSSR count). The summed E-state index contributed by atoms with van der Waals surface area (Å²) >= 11 is 0. The second-order valence-corrected chi connectivity index (χ2v) is 6.38. The van der Waals surface area contributed by atoms with Crippen LogP contribution in [-0.4, -0.2) is 30.5 Å². The maximum Gasteiger partial charge on any atom is 0.356 e. The maximum absolute atomic E-state index is 12.1. The molecule has 0 aliphatic heterocycles. The van der Waals surface area contributed by atoms with Crippen molar-refractivity contribution in [2.75, 3.05) is 13.7 Å². The van der Waals surface area contributed by atoms with Gasteiger partial charge in [0.2, 0.25) is 0 Å². The number of ether oxygens (including phenoxy) is 1. The molecule has 0 aromatic carbocycles. The molecule has 0 radical (unpaired) electrons. The first-order valence-electron chi connectivity index (χ1n) is 8.01. The van der Waals surface area contributed by atoms with Gasteiger partial charge in [-0.2, -0.15) is 0 Å². The summed E-state index contributed by atoms with van der Waals surface area (Å²) < 4.78 is 4.61. The largest absolute Gasteiger partial charge is 0.464 e. The van der Waals surface area contributed by atoms with Crippen LogP contribution < -0.4 is 5.32 Å². The Morgan fingerprint density at radius 1 is 1.27 bits per heavy atom. The molecule has 1 N–H and O–H groups in total. The van der Waals surface area contributed by atoms with E-state index in [1.165, 1.54) is 38.9 Å². The van der Waals surface area contributed by atoms with Crippen molar-refractivity contribution in [1.29, 1.82) is 0 Å². The van der Waals surface area contributed by atoms with Crippen LogP contribution in [0, 0.1) is 17.8 Å². The van der Waals surface area contributed by atoms with Gasteiger partial charge in [0.15, 0.2) is 0 Å². The second-order valence-electron chi connectivity index (χ2n) is 6.38. The van der Waals surface area contributed by atoms with Crippen LogP contribution in [-0.2, 0) is 4.74 Å². The van der Waals surface area contributed by atoms with Gasteiger partial charge in [0.1, 0.15) is 11.4 Å². The average Bonchev–Trinajstić information content (AvgIpc) is 3.17. The van der Waals surface area contributed by atoms with Gasteiger partial charge < -0.3 is 10.1 Å². The Balaban J connectivity index is 1.50. The zero-order chi connectivity index (χ0) is 15.5. The number of hydrogen-bond donors (Lipinski definition) is 1. The highest BCUT2D eigenvalue weighted by Gasteiger charge is 2.38. The molecule has 2 fully saturated rings. The van der Waals surface area contributed by atoms with E-state index < -0.39 is 5.97 Å². The zero-order valence-corrected chi connectivity index (χ0v) is 12.9. The Morgan fingerprint density at radius 2 is 2.09 bits per heavy atom. The molecular weight excluding hydrogens is 280 g/mol. The molecule has 5 heteroatoms. The van der Waals surface area contributed by atoms with Crippen LogP contribution in [0.4, 0.5) is 0 Å². The van der Waals surface area contributed by atoms with E-state index in [-0.39, 0.29) is 17.3 Å². The number of carbonyl (C=O) groups is 2. The molecule has 1 amide bonds. The lowest BCUT2D eigenvalue weighted by Crippen LogP contribution is -2.28. The van der Waals surface area contributed by atoms with Gasteiger partial charge in [-0.15, -0.1) is 0 Å². The van der Waals surface area contributed by atoms with E-state index in [1.54, 1.807) is 12.1 Å². The SMILES string of the molecule is COC(=O)c1cccc(C(=O)NCCC2CC3CCC2C3)n1. The first kappa shape index (κ1) is 15.0. The van der Waals surface area contributed by atoms with Crippen LogP contribution in [0.3, 0.4) is 0 Å². The molecule has 0 spiro atoms. The Bertz CT molecular complexity index is 573. The van der Waals surface area contributed by atoms with Crippen LogP contribution >= 0.6 is 0 Å². The summed E-state index contributed by atoms with van der Waals surface area (Å²) in [6, 6.07) is 4.79. The van der Waals surface area contributed by atoms with E-state index in [2.05, 4.69) is 15.0 Å². The quantitative estimate of drug-likeness (QED) is 0.848. The van der Waals surface area contributed by atoms with Gasteiger partial charge >= 0.3 is 5.97 Å². The molecule has 1 aromatic heterocycles. The molecule has 1 aromatic rings. The fraction of sp³-hybridized carbons (Fsp3) is 0.588. The fourth-order valence-corrected chi connectivity index (χ4v) is 3.97. The standard InChI is InChI=1S/C17H22N2O3/c1-22-17(21)15-4-2-3-14(19-15)16(20)18-8-7-13-10-11-5-6-12(13)9-11/h2-4,11-13H,5-10H2,1H3,(H,18,20). The molecule has 5 nitrogen and oxygen atoms in total. The van der Waals surface area contributed by atoms with E-state index in [0.29, 0.717) is 6.54 Å². The molecule has 118 valence electrons. The van der Waals surface area contributed by atoms with Gasteiger partial charge in [0, 0.05) is 6.54 Å². The van der Waals surface area contributed by atoms with E-state index in [1.807, 2.05) is 0 Å². The van der Waals surface area contributed by atoms with Crippen molar-refractivity contribution in [2.24, 2.45) is 17.8 Å². The highest BCUT2D eigenvalue weighted by molar-refractivity contribution is 5.94. The van der Waals surface area contributed by atoms with Crippen molar-refractivity contribution in [3.8, 4) is 0 Å². The molecule has 3 unspecified atom stereocenters. The number of hydrogen-bond acceptors (Lipinski definition) is 4. The van der Waals surface area contributed by atoms with Crippen molar-refractivity contribution in [1.82, 2.24) is 10.3 Å². The summed E-state index contributed by atoms with van der Waals surface area (Å²) in [5.41, 5.74) is 0.416. The number of carbonyl (C=O) groups excluding carboxylic acids is 2. The molecule has 2 aliphatic rings. The van der Waals surface area contributed by atoms with Crippen LogP contribution in [0.5, 0.6) is 0 Å². The summed E-state index contributed by atoms with van der Waals surface area (Å²) in [6.45, 7) is 0.677. The molecular formula is C17H22N2O3. The van der Waals surface area contributed by atoms with Crippen molar-refractivity contribution in [3.05, 3.63) is 29.6 Å². The van der Waals surface area contributed by atoms with Gasteiger partial charge in [-0.1, -0.05) is 12.5 Å². The van der Waals surface area contributed by atoms with E-state index in [9.17, 15) is 9.59 Å². The monoisotopic (exact) mass is 302 g/mol. The van der Waals surface area contributed by atoms with Gasteiger partial charge in [-0.25, -0.2) is 9.78 Å². The Morgan fingerprint density at radius 3 is 2.77 bits per heavy atom. The fourth-order valence-electron chi connectivity index (χ4n) is 3.97. The minimum atomic E-state index is -0.531. The number of nitrogens with one attached hydrogen (secondary N) is 1. The summed E-state index contributed by atoms with van der Waals surface area (Å²) in [6.07, 6.45) is 6.53. The van der Waals surface area contributed by atoms with E-state index in [0.717, 1.165) is 24.2 Å². The third-order valence-electron chi connectivity index (χ3n) is 5.06. The summed E-state index contributed by atoms with van der Waals surface area (Å²) in [5.74, 6) is 1.82. The van der Waals surface area contributed by atoms with Crippen molar-refractivity contribution < 1.29 is 14.3 Å². The third-order valence-corrected chi connectivity index (χ3v) is 5.06. The first-order valence-corrected chi connectivity index (χ1v) is 8.01. The van der Waals surface area contributed by atoms with Crippen LogP contribution in [0.2, 0.25) is 0 Å². The minimum absolute atomic E-state index is 0.156. The molecule has 0 saturated heterocycles. The van der Waals surface area contributed by atoms with Crippen molar-refractivity contribution >= 4 is 11.9 Å². The predicted octanol–water partition coefficient (Wildman–Crippen LogP) is 2.42. The first-order chi connectivity index (χ1) is 10.7. The number of esters is 1. The predicted molar refractivity (Wildman–Crippen MR) is 81.5 cm³/mol. The lowest BCUT2D eigenvalue weighted by Gasteiger charge is -2.21. The summed E-state index contributed by atoms with van der Waals surface area (Å²) in [5, 5.41) is 2.92. The van der Waals surface area contributed by atoms with E-state index in [4.69, 9.17) is 0 Å². The third kappa shape index (κ3) is 3.13. The molecule has 3 atom stereocenters. The van der Waals surface area contributed by atoms with Gasteiger partial charge in [-0.3, -0.25) is 4.79 Å². The van der Waals surface area contributed by atoms with Crippen molar-refractivity contribution in [3.63, 3.8) is 0 Å². The highest BCUT2D eigenvalue weighted by atomic mass is 16.5. The van der Waals surface area contributed by atoms with E-state index >= 15 is 0 Å². The molecule has 2 aliphatic carbocycles. The summed E-state index contributed by atoms with van der Waals surface area (Å²) in [7, 11) is 1.30. The lowest BCUT2D eigenvalue weighted by molar-refractivity contribution is 0.0594. The smallest absolute Gasteiger partial charge is 0.356 e. The number of methoxy groups -OCH3 is 1. The van der Waals surface area contributed by atoms with Crippen molar-refractivity contribution in [2.45, 2.75) is 32.1 Å². The highest BCUT2D eigenvalue weighted by Crippen LogP contribution is 2.49. The molecule has 1 heterocycles. The van der Waals surface area contributed by atoms with Crippen LogP contribution in [0.1, 0.15) is 53.1 Å². The minimum Gasteiger partial charge on any atom is -0.464 e. The lowest BCUT2D eigenvalue weighted by atomic mass is 9.86. The van der Waals surface area contributed by atoms with Gasteiger partial charge in [-0.05, 0) is 55.6 Å². The van der Waals surface area contributed by atoms with Crippen LogP contribution in [0.15, 0.2) is 18.2 Å². The molecule has 2 saturated carbocycles. The topological polar surface area (TPSA) is 68.3 Å². The number of amides is 1. The van der Waals surface area contributed by atoms with Gasteiger partial charge in [0.05, 0.1) is 7.11 Å². The normalized spacial score (nSPS) is 26.0. The van der Waals surface area contributed by atoms with Gasteiger partial charge in [0.25, 0.3) is 5.91 Å². The zero-order valence-electron chi connectivity index (χ0n) is 12.9. The molecule has 22 heavy (non-hydrogen) atoms. The van der Waals surface area contributed by atoms with Crippen LogP contribution in [0.25, 0.3) is 0 Å². The number of aromatic nitrogens is 1. The maximum atomic E-state index is 12.1. The number of rotatable bonds is 5.